The number of nitrogens with zero attached hydrogens (tertiary/aromatic N) is 3. The summed E-state index contributed by atoms with van der Waals surface area (Å²) in [5.41, 5.74) is 3.76. The molecule has 2 saturated heterocycles. The minimum atomic E-state index is 0.548. The summed E-state index contributed by atoms with van der Waals surface area (Å²) in [6.07, 6.45) is 7.59. The van der Waals surface area contributed by atoms with Crippen LogP contribution in [0.25, 0.3) is 0 Å². The summed E-state index contributed by atoms with van der Waals surface area (Å²) in [5, 5.41) is 8.49. The zero-order valence-corrected chi connectivity index (χ0v) is 17.5. The number of aryl methyl sites for hydroxylation is 2. The minimum absolute atomic E-state index is 0.548. The molecule has 0 saturated carbocycles. The van der Waals surface area contributed by atoms with E-state index in [1.54, 1.807) is 7.11 Å². The van der Waals surface area contributed by atoms with Crippen LogP contribution in [0.4, 0.5) is 0 Å². The minimum Gasteiger partial charge on any atom is -0.481 e. The number of rotatable bonds is 5. The number of likely N-dealkylation sites (tertiary alicyclic amines) is 1. The van der Waals surface area contributed by atoms with Crippen molar-refractivity contribution in [3.05, 3.63) is 47.2 Å². The number of nitrogens with one attached hydrogen (secondary N) is 1. The van der Waals surface area contributed by atoms with Gasteiger partial charge in [0.2, 0.25) is 5.88 Å². The van der Waals surface area contributed by atoms with Gasteiger partial charge >= 0.3 is 0 Å². The standard InChI is InChI=1S/C23H34N4O/c1-17-20(23(28-3)26(2)25-17)16-27-19(14-18-10-6-4-7-11-18)15-21-22(27)12-8-5-9-13-24-21/h4,6-7,10-11,19,21-22,24H,5,8-9,12-16H2,1-3H3/t19-,21+,22-/m1/s1. The summed E-state index contributed by atoms with van der Waals surface area (Å²) in [6.45, 7) is 4.18. The number of aromatic nitrogens is 2. The Bertz CT molecular complexity index is 772. The molecule has 0 amide bonds. The lowest BCUT2D eigenvalue weighted by Crippen LogP contribution is -2.44. The first-order valence-corrected chi connectivity index (χ1v) is 10.8. The van der Waals surface area contributed by atoms with E-state index in [1.165, 1.54) is 43.2 Å². The molecule has 1 N–H and O–H groups in total. The topological polar surface area (TPSA) is 42.3 Å². The lowest BCUT2D eigenvalue weighted by molar-refractivity contribution is 0.157. The quantitative estimate of drug-likeness (QED) is 0.860. The van der Waals surface area contributed by atoms with Crippen LogP contribution in [0, 0.1) is 6.92 Å². The first-order chi connectivity index (χ1) is 13.7. The molecule has 2 aromatic rings. The average molecular weight is 383 g/mol. The highest BCUT2D eigenvalue weighted by Crippen LogP contribution is 2.35. The van der Waals surface area contributed by atoms with E-state index in [9.17, 15) is 0 Å². The normalized spacial score (nSPS) is 25.9. The Kier molecular flexibility index (Phi) is 6.02. The van der Waals surface area contributed by atoms with Crippen LogP contribution in [0.2, 0.25) is 0 Å². The molecular weight excluding hydrogens is 348 g/mol. The van der Waals surface area contributed by atoms with Crippen LogP contribution in [0.1, 0.15) is 48.9 Å². The van der Waals surface area contributed by atoms with E-state index >= 15 is 0 Å². The largest absolute Gasteiger partial charge is 0.481 e. The first kappa shape index (κ1) is 19.5. The van der Waals surface area contributed by atoms with Crippen LogP contribution in [0.3, 0.4) is 0 Å². The van der Waals surface area contributed by atoms with Gasteiger partial charge in [-0.15, -0.1) is 0 Å². The van der Waals surface area contributed by atoms with Gasteiger partial charge in [0.1, 0.15) is 0 Å². The predicted octanol–water partition coefficient (Wildman–Crippen LogP) is 3.45. The van der Waals surface area contributed by atoms with Crippen molar-refractivity contribution in [2.75, 3.05) is 13.7 Å². The van der Waals surface area contributed by atoms with Crippen molar-refractivity contribution < 1.29 is 4.74 Å². The number of ether oxygens (including phenoxy) is 1. The van der Waals surface area contributed by atoms with E-state index in [4.69, 9.17) is 4.74 Å². The smallest absolute Gasteiger partial charge is 0.216 e. The van der Waals surface area contributed by atoms with Crippen molar-refractivity contribution in [3.8, 4) is 5.88 Å². The van der Waals surface area contributed by atoms with E-state index in [0.29, 0.717) is 18.1 Å². The number of hydrogen-bond acceptors (Lipinski definition) is 4. The number of hydrogen-bond donors (Lipinski definition) is 1. The van der Waals surface area contributed by atoms with Gasteiger partial charge in [0, 0.05) is 31.7 Å². The zero-order chi connectivity index (χ0) is 19.5. The third-order valence-electron chi connectivity index (χ3n) is 6.61. The van der Waals surface area contributed by atoms with Gasteiger partial charge in [0.05, 0.1) is 18.4 Å². The van der Waals surface area contributed by atoms with Crippen molar-refractivity contribution in [1.82, 2.24) is 20.0 Å². The molecule has 0 bridgehead atoms. The van der Waals surface area contributed by atoms with Crippen LogP contribution < -0.4 is 10.1 Å². The molecule has 5 nitrogen and oxygen atoms in total. The first-order valence-electron chi connectivity index (χ1n) is 10.8. The molecule has 5 heteroatoms. The molecule has 0 aliphatic carbocycles. The van der Waals surface area contributed by atoms with E-state index in [1.807, 2.05) is 11.7 Å². The summed E-state index contributed by atoms with van der Waals surface area (Å²) < 4.78 is 7.58. The molecule has 152 valence electrons. The molecular formula is C23H34N4O. The van der Waals surface area contributed by atoms with Gasteiger partial charge in [-0.25, -0.2) is 4.68 Å². The van der Waals surface area contributed by atoms with Crippen LogP contribution in [-0.2, 0) is 20.0 Å². The van der Waals surface area contributed by atoms with Gasteiger partial charge in [-0.3, -0.25) is 4.90 Å². The molecule has 4 rings (SSSR count). The Balaban J connectivity index is 1.62. The Hall–Kier alpha value is -1.85. The molecule has 3 atom stereocenters. The zero-order valence-electron chi connectivity index (χ0n) is 17.5. The molecule has 1 aromatic heterocycles. The molecule has 2 aliphatic rings. The van der Waals surface area contributed by atoms with Gasteiger partial charge in [0.15, 0.2) is 0 Å². The SMILES string of the molecule is COc1c(CN2[C@H](Cc3ccccc3)C[C@@H]3NCCCCC[C@H]32)c(C)nn1C. The maximum Gasteiger partial charge on any atom is 0.216 e. The molecule has 3 heterocycles. The lowest BCUT2D eigenvalue weighted by atomic mass is 9.98. The number of fused-ring (bicyclic) bond motifs is 1. The van der Waals surface area contributed by atoms with Crippen molar-refractivity contribution in [2.45, 2.75) is 70.1 Å². The maximum atomic E-state index is 5.70. The third kappa shape index (κ3) is 3.96. The van der Waals surface area contributed by atoms with Crippen LogP contribution in [0.5, 0.6) is 5.88 Å². The molecule has 28 heavy (non-hydrogen) atoms. The van der Waals surface area contributed by atoms with Gasteiger partial charge in [0.25, 0.3) is 0 Å². The van der Waals surface area contributed by atoms with Crippen molar-refractivity contribution >= 4 is 0 Å². The van der Waals surface area contributed by atoms with E-state index in [2.05, 4.69) is 52.6 Å². The second-order valence-electron chi connectivity index (χ2n) is 8.43. The van der Waals surface area contributed by atoms with Gasteiger partial charge in [-0.1, -0.05) is 43.2 Å². The van der Waals surface area contributed by atoms with Gasteiger partial charge in [-0.05, 0) is 44.7 Å². The summed E-state index contributed by atoms with van der Waals surface area (Å²) in [6, 6.07) is 12.7. The summed E-state index contributed by atoms with van der Waals surface area (Å²) in [5.74, 6) is 0.901. The van der Waals surface area contributed by atoms with Gasteiger partial charge < -0.3 is 10.1 Å². The Morgan fingerprint density at radius 1 is 1.18 bits per heavy atom. The maximum absolute atomic E-state index is 5.70. The fraction of sp³-hybridized carbons (Fsp3) is 0.609. The van der Waals surface area contributed by atoms with Gasteiger partial charge in [-0.2, -0.15) is 5.10 Å². The number of methoxy groups -OCH3 is 1. The molecule has 0 spiro atoms. The predicted molar refractivity (Wildman–Crippen MR) is 113 cm³/mol. The Morgan fingerprint density at radius 2 is 2.00 bits per heavy atom. The fourth-order valence-corrected chi connectivity index (χ4v) is 5.25. The Morgan fingerprint density at radius 3 is 2.79 bits per heavy atom. The molecule has 2 fully saturated rings. The highest BCUT2D eigenvalue weighted by atomic mass is 16.5. The van der Waals surface area contributed by atoms with E-state index < -0.39 is 0 Å². The second-order valence-corrected chi connectivity index (χ2v) is 8.43. The fourth-order valence-electron chi connectivity index (χ4n) is 5.25. The highest BCUT2D eigenvalue weighted by molar-refractivity contribution is 5.31. The van der Waals surface area contributed by atoms with Crippen molar-refractivity contribution in [2.24, 2.45) is 7.05 Å². The summed E-state index contributed by atoms with van der Waals surface area (Å²) in [7, 11) is 3.73. The molecule has 1 aromatic carbocycles. The second kappa shape index (κ2) is 8.66. The monoisotopic (exact) mass is 382 g/mol. The van der Waals surface area contributed by atoms with Crippen LogP contribution in [-0.4, -0.2) is 46.5 Å². The average Bonchev–Trinajstić information content (AvgIpc) is 3.12. The summed E-state index contributed by atoms with van der Waals surface area (Å²) in [4.78, 5) is 2.75. The van der Waals surface area contributed by atoms with E-state index in [-0.39, 0.29) is 0 Å². The molecule has 2 aliphatic heterocycles. The Labute approximate surface area is 169 Å². The third-order valence-corrected chi connectivity index (χ3v) is 6.61. The highest BCUT2D eigenvalue weighted by Gasteiger charge is 2.41. The lowest BCUT2D eigenvalue weighted by Gasteiger charge is -2.33. The summed E-state index contributed by atoms with van der Waals surface area (Å²) >= 11 is 0. The van der Waals surface area contributed by atoms with E-state index in [0.717, 1.165) is 31.1 Å². The van der Waals surface area contributed by atoms with Crippen LogP contribution >= 0.6 is 0 Å². The van der Waals surface area contributed by atoms with Crippen molar-refractivity contribution in [1.29, 1.82) is 0 Å². The van der Waals surface area contributed by atoms with Crippen molar-refractivity contribution in [3.63, 3.8) is 0 Å². The molecule has 0 radical (unpaired) electrons. The molecule has 0 unspecified atom stereocenters. The van der Waals surface area contributed by atoms with Crippen LogP contribution in [0.15, 0.2) is 30.3 Å². The number of benzene rings is 1.